The molecule has 1 aromatic heterocycles. The number of aromatic nitrogens is 2. The molecule has 5 nitrogen and oxygen atoms in total. The van der Waals surface area contributed by atoms with Crippen molar-refractivity contribution >= 4 is 18.3 Å². The van der Waals surface area contributed by atoms with E-state index >= 15 is 0 Å². The molecule has 0 fully saturated rings. The van der Waals surface area contributed by atoms with Gasteiger partial charge in [-0.25, -0.2) is 0 Å². The van der Waals surface area contributed by atoms with E-state index in [0.29, 0.717) is 12.1 Å². The van der Waals surface area contributed by atoms with Gasteiger partial charge in [0.15, 0.2) is 0 Å². The Morgan fingerprint density at radius 2 is 2.22 bits per heavy atom. The Morgan fingerprint density at radius 1 is 1.43 bits per heavy atom. The number of rotatable bonds is 4. The van der Waals surface area contributed by atoms with E-state index in [1.165, 1.54) is 11.1 Å². The molecule has 0 spiro atoms. The highest BCUT2D eigenvalue weighted by molar-refractivity contribution is 5.95. The summed E-state index contributed by atoms with van der Waals surface area (Å²) in [6.07, 6.45) is 3.59. The fourth-order valence-corrected chi connectivity index (χ4v) is 3.05. The highest BCUT2D eigenvalue weighted by Gasteiger charge is 2.21. The molecule has 0 aliphatic carbocycles. The number of carbonyl (C=O) groups is 1. The zero-order valence-corrected chi connectivity index (χ0v) is 14.3. The first-order valence-corrected chi connectivity index (χ1v) is 7.81. The summed E-state index contributed by atoms with van der Waals surface area (Å²) in [5.74, 6) is -0.0465. The predicted molar refractivity (Wildman–Crippen MR) is 93.1 cm³/mol. The number of hydrogen-bond donors (Lipinski definition) is 2. The van der Waals surface area contributed by atoms with Crippen LogP contribution in [0.25, 0.3) is 0 Å². The maximum Gasteiger partial charge on any atom is 0.254 e. The van der Waals surface area contributed by atoms with Gasteiger partial charge in [0, 0.05) is 25.8 Å². The average molecular weight is 335 g/mol. The summed E-state index contributed by atoms with van der Waals surface area (Å²) >= 11 is 0. The molecular formula is C17H23ClN4O. The lowest BCUT2D eigenvalue weighted by atomic mass is 9.94. The molecule has 1 amide bonds. The predicted octanol–water partition coefficient (Wildman–Crippen LogP) is 2.02. The van der Waals surface area contributed by atoms with Gasteiger partial charge in [-0.1, -0.05) is 31.2 Å². The molecule has 1 aliphatic rings. The molecular weight excluding hydrogens is 312 g/mol. The quantitative estimate of drug-likeness (QED) is 0.899. The summed E-state index contributed by atoms with van der Waals surface area (Å²) < 4.78 is 1.70. The largest absolute Gasteiger partial charge is 0.350 e. The van der Waals surface area contributed by atoms with Gasteiger partial charge in [-0.3, -0.25) is 9.48 Å². The topological polar surface area (TPSA) is 59.0 Å². The smallest absolute Gasteiger partial charge is 0.254 e. The van der Waals surface area contributed by atoms with E-state index in [0.717, 1.165) is 25.1 Å². The van der Waals surface area contributed by atoms with Gasteiger partial charge >= 0.3 is 0 Å². The van der Waals surface area contributed by atoms with Crippen LogP contribution in [0.1, 0.15) is 40.1 Å². The van der Waals surface area contributed by atoms with Gasteiger partial charge in [0.1, 0.15) is 0 Å². The molecule has 1 aromatic carbocycles. The van der Waals surface area contributed by atoms with Crippen molar-refractivity contribution in [2.45, 2.75) is 25.8 Å². The number of carbonyl (C=O) groups excluding carboxylic acids is 1. The lowest BCUT2D eigenvalue weighted by molar-refractivity contribution is 0.0948. The number of aryl methyl sites for hydroxylation is 2. The third-order valence-corrected chi connectivity index (χ3v) is 4.17. The van der Waals surface area contributed by atoms with Crippen LogP contribution in [0.4, 0.5) is 0 Å². The fourth-order valence-electron chi connectivity index (χ4n) is 3.05. The standard InChI is InChI=1S/C17H22N4O.ClH/c1-3-15-14(11-21(2)20-15)17(22)19-10-16-13-7-5-4-6-12(13)8-9-18-16;/h4-7,11,16,18H,3,8-10H2,1-2H3,(H,19,22);1H. The number of fused-ring (bicyclic) bond motifs is 1. The number of hydrogen-bond acceptors (Lipinski definition) is 3. The zero-order chi connectivity index (χ0) is 15.5. The molecule has 0 saturated heterocycles. The molecule has 1 unspecified atom stereocenters. The summed E-state index contributed by atoms with van der Waals surface area (Å²) in [7, 11) is 1.84. The van der Waals surface area contributed by atoms with E-state index in [1.807, 2.05) is 14.0 Å². The van der Waals surface area contributed by atoms with Crippen LogP contribution in [0.5, 0.6) is 0 Å². The zero-order valence-electron chi connectivity index (χ0n) is 13.5. The lowest BCUT2D eigenvalue weighted by Crippen LogP contribution is -2.39. The Morgan fingerprint density at radius 3 is 3.00 bits per heavy atom. The molecule has 2 heterocycles. The third-order valence-electron chi connectivity index (χ3n) is 4.17. The van der Waals surface area contributed by atoms with Gasteiger partial charge in [-0.05, 0) is 30.5 Å². The van der Waals surface area contributed by atoms with Gasteiger partial charge in [0.25, 0.3) is 5.91 Å². The van der Waals surface area contributed by atoms with Gasteiger partial charge in [-0.15, -0.1) is 12.4 Å². The first kappa shape index (κ1) is 17.5. The summed E-state index contributed by atoms with van der Waals surface area (Å²) in [6.45, 7) is 3.55. The van der Waals surface area contributed by atoms with Gasteiger partial charge in [0.2, 0.25) is 0 Å². The van der Waals surface area contributed by atoms with Gasteiger partial charge in [-0.2, -0.15) is 5.10 Å². The maximum absolute atomic E-state index is 12.4. The van der Waals surface area contributed by atoms with Crippen molar-refractivity contribution in [2.24, 2.45) is 7.05 Å². The van der Waals surface area contributed by atoms with Crippen molar-refractivity contribution in [3.05, 3.63) is 52.8 Å². The van der Waals surface area contributed by atoms with E-state index in [2.05, 4.69) is 40.0 Å². The van der Waals surface area contributed by atoms with Crippen molar-refractivity contribution in [1.82, 2.24) is 20.4 Å². The van der Waals surface area contributed by atoms with E-state index < -0.39 is 0 Å². The molecule has 124 valence electrons. The normalized spacial score (nSPS) is 16.3. The minimum absolute atomic E-state index is 0. The van der Waals surface area contributed by atoms with E-state index in [9.17, 15) is 4.79 Å². The number of amides is 1. The van der Waals surface area contributed by atoms with Crippen LogP contribution in [0.3, 0.4) is 0 Å². The third kappa shape index (κ3) is 3.74. The molecule has 2 aromatic rings. The number of nitrogens with zero attached hydrogens (tertiary/aromatic N) is 2. The van der Waals surface area contributed by atoms with Crippen LogP contribution < -0.4 is 10.6 Å². The van der Waals surface area contributed by atoms with Crippen molar-refractivity contribution in [3.63, 3.8) is 0 Å². The first-order chi connectivity index (χ1) is 10.7. The van der Waals surface area contributed by atoms with Crippen molar-refractivity contribution in [1.29, 1.82) is 0 Å². The van der Waals surface area contributed by atoms with Crippen LogP contribution in [-0.2, 0) is 19.9 Å². The highest BCUT2D eigenvalue weighted by Crippen LogP contribution is 2.22. The Kier molecular flexibility index (Phi) is 5.80. The van der Waals surface area contributed by atoms with E-state index in [1.54, 1.807) is 10.9 Å². The van der Waals surface area contributed by atoms with Crippen LogP contribution in [0.15, 0.2) is 30.5 Å². The van der Waals surface area contributed by atoms with Gasteiger partial charge in [0.05, 0.1) is 11.3 Å². The number of nitrogens with one attached hydrogen (secondary N) is 2. The van der Waals surface area contributed by atoms with Crippen molar-refractivity contribution < 1.29 is 4.79 Å². The van der Waals surface area contributed by atoms with Crippen LogP contribution in [0.2, 0.25) is 0 Å². The maximum atomic E-state index is 12.4. The molecule has 1 atom stereocenters. The Balaban J connectivity index is 0.00000192. The van der Waals surface area contributed by atoms with E-state index in [4.69, 9.17) is 0 Å². The van der Waals surface area contributed by atoms with Crippen LogP contribution >= 0.6 is 12.4 Å². The fraction of sp³-hybridized carbons (Fsp3) is 0.412. The van der Waals surface area contributed by atoms with E-state index in [-0.39, 0.29) is 24.4 Å². The molecule has 0 bridgehead atoms. The second kappa shape index (κ2) is 7.62. The minimum Gasteiger partial charge on any atom is -0.350 e. The van der Waals surface area contributed by atoms with Crippen LogP contribution in [0, 0.1) is 0 Å². The Bertz CT molecular complexity index is 683. The summed E-state index contributed by atoms with van der Waals surface area (Å²) in [4.78, 5) is 12.4. The van der Waals surface area contributed by atoms with Crippen LogP contribution in [-0.4, -0.2) is 28.8 Å². The lowest BCUT2D eigenvalue weighted by Gasteiger charge is -2.27. The monoisotopic (exact) mass is 334 g/mol. The number of benzene rings is 1. The van der Waals surface area contributed by atoms with Gasteiger partial charge < -0.3 is 10.6 Å². The summed E-state index contributed by atoms with van der Waals surface area (Å²) in [6, 6.07) is 8.61. The molecule has 6 heteroatoms. The molecule has 1 aliphatic heterocycles. The summed E-state index contributed by atoms with van der Waals surface area (Å²) in [5, 5.41) is 10.8. The average Bonchev–Trinajstić information content (AvgIpc) is 2.93. The highest BCUT2D eigenvalue weighted by atomic mass is 35.5. The second-order valence-corrected chi connectivity index (χ2v) is 5.68. The first-order valence-electron chi connectivity index (χ1n) is 7.81. The SMILES string of the molecule is CCc1nn(C)cc1C(=O)NCC1NCCc2ccccc21.Cl. The Labute approximate surface area is 142 Å². The second-order valence-electron chi connectivity index (χ2n) is 5.68. The number of halogens is 1. The molecule has 2 N–H and O–H groups in total. The molecule has 0 radical (unpaired) electrons. The summed E-state index contributed by atoms with van der Waals surface area (Å²) in [5.41, 5.74) is 4.18. The molecule has 0 saturated carbocycles. The Hall–Kier alpha value is -1.85. The minimum atomic E-state index is -0.0465. The van der Waals surface area contributed by atoms with Crippen molar-refractivity contribution in [2.75, 3.05) is 13.1 Å². The van der Waals surface area contributed by atoms with Crippen molar-refractivity contribution in [3.8, 4) is 0 Å². The molecule has 3 rings (SSSR count). The molecule has 23 heavy (non-hydrogen) atoms.